The standard InChI is InChI=1S/C19H25NO3/c1-13-9-18(22-4)14(2)8-16(13)12-20-11-15-6-7-17(21-3)19(10-15)23-5/h6-10,20H,11-12H2,1-5H3. The van der Waals surface area contributed by atoms with E-state index in [1.807, 2.05) is 18.2 Å². The lowest BCUT2D eigenvalue weighted by Crippen LogP contribution is -2.14. The van der Waals surface area contributed by atoms with Crippen LogP contribution in [0.4, 0.5) is 0 Å². The van der Waals surface area contributed by atoms with Gasteiger partial charge >= 0.3 is 0 Å². The molecule has 2 aromatic carbocycles. The molecule has 1 N–H and O–H groups in total. The Morgan fingerprint density at radius 1 is 0.739 bits per heavy atom. The third kappa shape index (κ3) is 4.17. The Morgan fingerprint density at radius 2 is 1.43 bits per heavy atom. The van der Waals surface area contributed by atoms with Crippen LogP contribution < -0.4 is 19.5 Å². The summed E-state index contributed by atoms with van der Waals surface area (Å²) in [5.74, 6) is 2.44. The highest BCUT2D eigenvalue weighted by Crippen LogP contribution is 2.27. The highest BCUT2D eigenvalue weighted by atomic mass is 16.5. The third-order valence-electron chi connectivity index (χ3n) is 3.95. The number of ether oxygens (including phenoxy) is 3. The minimum absolute atomic E-state index is 0.748. The number of methoxy groups -OCH3 is 3. The van der Waals surface area contributed by atoms with Crippen LogP contribution in [-0.4, -0.2) is 21.3 Å². The summed E-state index contributed by atoms with van der Waals surface area (Å²) < 4.78 is 15.9. The van der Waals surface area contributed by atoms with E-state index in [0.29, 0.717) is 0 Å². The van der Waals surface area contributed by atoms with Crippen LogP contribution in [0.2, 0.25) is 0 Å². The van der Waals surface area contributed by atoms with Crippen molar-refractivity contribution < 1.29 is 14.2 Å². The Hall–Kier alpha value is -2.20. The van der Waals surface area contributed by atoms with Crippen LogP contribution in [0.3, 0.4) is 0 Å². The Balaban J connectivity index is 2.01. The average molecular weight is 315 g/mol. The molecule has 4 nitrogen and oxygen atoms in total. The molecule has 0 aliphatic carbocycles. The minimum Gasteiger partial charge on any atom is -0.496 e. The van der Waals surface area contributed by atoms with Crippen LogP contribution in [0.5, 0.6) is 17.2 Å². The van der Waals surface area contributed by atoms with Gasteiger partial charge in [0.15, 0.2) is 11.5 Å². The average Bonchev–Trinajstić information content (AvgIpc) is 2.57. The fourth-order valence-electron chi connectivity index (χ4n) is 2.59. The molecule has 2 aromatic rings. The predicted octanol–water partition coefficient (Wildman–Crippen LogP) is 3.62. The Labute approximate surface area is 138 Å². The molecule has 0 spiro atoms. The third-order valence-corrected chi connectivity index (χ3v) is 3.95. The van der Waals surface area contributed by atoms with Crippen LogP contribution in [0.15, 0.2) is 30.3 Å². The largest absolute Gasteiger partial charge is 0.496 e. The van der Waals surface area contributed by atoms with E-state index < -0.39 is 0 Å². The van der Waals surface area contributed by atoms with E-state index in [4.69, 9.17) is 14.2 Å². The molecule has 0 amide bonds. The van der Waals surface area contributed by atoms with Gasteiger partial charge in [-0.2, -0.15) is 0 Å². The van der Waals surface area contributed by atoms with Crippen molar-refractivity contribution in [3.63, 3.8) is 0 Å². The topological polar surface area (TPSA) is 39.7 Å². The fourth-order valence-corrected chi connectivity index (χ4v) is 2.59. The van der Waals surface area contributed by atoms with Crippen molar-refractivity contribution in [1.82, 2.24) is 5.32 Å². The van der Waals surface area contributed by atoms with Crippen molar-refractivity contribution >= 4 is 0 Å². The molecule has 0 atom stereocenters. The molecule has 0 saturated carbocycles. The molecule has 4 heteroatoms. The van der Waals surface area contributed by atoms with E-state index in [0.717, 1.165) is 41.5 Å². The molecule has 0 aliphatic rings. The van der Waals surface area contributed by atoms with Crippen molar-refractivity contribution in [1.29, 1.82) is 0 Å². The lowest BCUT2D eigenvalue weighted by atomic mass is 10.0. The molecule has 0 unspecified atom stereocenters. The second-order valence-corrected chi connectivity index (χ2v) is 5.54. The summed E-state index contributed by atoms with van der Waals surface area (Å²) in [6.07, 6.45) is 0. The normalized spacial score (nSPS) is 10.5. The number of hydrogen-bond donors (Lipinski definition) is 1. The second kappa shape index (κ2) is 7.88. The maximum absolute atomic E-state index is 5.36. The van der Waals surface area contributed by atoms with Gasteiger partial charge in [0.05, 0.1) is 21.3 Å². The zero-order chi connectivity index (χ0) is 16.8. The zero-order valence-corrected chi connectivity index (χ0v) is 14.5. The first-order valence-corrected chi connectivity index (χ1v) is 7.64. The summed E-state index contributed by atoms with van der Waals surface area (Å²) in [5.41, 5.74) is 4.82. The van der Waals surface area contributed by atoms with Gasteiger partial charge in [-0.05, 0) is 54.3 Å². The summed E-state index contributed by atoms with van der Waals surface area (Å²) in [5, 5.41) is 3.48. The summed E-state index contributed by atoms with van der Waals surface area (Å²) in [6, 6.07) is 10.2. The minimum atomic E-state index is 0.748. The smallest absolute Gasteiger partial charge is 0.161 e. The number of benzene rings is 2. The number of aryl methyl sites for hydroxylation is 2. The molecule has 23 heavy (non-hydrogen) atoms. The van der Waals surface area contributed by atoms with Gasteiger partial charge in [-0.15, -0.1) is 0 Å². The molecular weight excluding hydrogens is 290 g/mol. The SMILES string of the molecule is COc1cc(C)c(CNCc2ccc(OC)c(OC)c2)cc1C. The quantitative estimate of drug-likeness (QED) is 0.847. The van der Waals surface area contributed by atoms with Gasteiger partial charge in [-0.25, -0.2) is 0 Å². The Kier molecular flexibility index (Phi) is 5.88. The van der Waals surface area contributed by atoms with Gasteiger partial charge in [-0.3, -0.25) is 0 Å². The van der Waals surface area contributed by atoms with E-state index in [2.05, 4.69) is 31.3 Å². The Morgan fingerprint density at radius 3 is 2.09 bits per heavy atom. The maximum atomic E-state index is 5.36. The molecule has 0 heterocycles. The molecule has 2 rings (SSSR count). The fraction of sp³-hybridized carbons (Fsp3) is 0.368. The lowest BCUT2D eigenvalue weighted by Gasteiger charge is -2.13. The molecule has 0 aliphatic heterocycles. The van der Waals surface area contributed by atoms with Crippen LogP contribution in [0.25, 0.3) is 0 Å². The van der Waals surface area contributed by atoms with Crippen LogP contribution >= 0.6 is 0 Å². The van der Waals surface area contributed by atoms with Crippen molar-refractivity contribution in [3.05, 3.63) is 52.6 Å². The number of hydrogen-bond acceptors (Lipinski definition) is 4. The molecule has 0 radical (unpaired) electrons. The van der Waals surface area contributed by atoms with Gasteiger partial charge in [0.2, 0.25) is 0 Å². The first-order chi connectivity index (χ1) is 11.1. The van der Waals surface area contributed by atoms with Crippen molar-refractivity contribution in [3.8, 4) is 17.2 Å². The molecular formula is C19H25NO3. The molecule has 0 fully saturated rings. The van der Waals surface area contributed by atoms with Gasteiger partial charge in [0.1, 0.15) is 5.75 Å². The van der Waals surface area contributed by atoms with Gasteiger partial charge in [0, 0.05) is 13.1 Å². The van der Waals surface area contributed by atoms with Crippen molar-refractivity contribution in [2.45, 2.75) is 26.9 Å². The molecule has 124 valence electrons. The number of nitrogens with one attached hydrogen (secondary N) is 1. The molecule has 0 saturated heterocycles. The zero-order valence-electron chi connectivity index (χ0n) is 14.5. The van der Waals surface area contributed by atoms with E-state index in [1.54, 1.807) is 21.3 Å². The van der Waals surface area contributed by atoms with Gasteiger partial charge < -0.3 is 19.5 Å². The lowest BCUT2D eigenvalue weighted by molar-refractivity contribution is 0.354. The first-order valence-electron chi connectivity index (χ1n) is 7.64. The van der Waals surface area contributed by atoms with E-state index in [-0.39, 0.29) is 0 Å². The van der Waals surface area contributed by atoms with E-state index in [1.165, 1.54) is 11.1 Å². The molecule has 0 bridgehead atoms. The monoisotopic (exact) mass is 315 g/mol. The summed E-state index contributed by atoms with van der Waals surface area (Å²) >= 11 is 0. The van der Waals surface area contributed by atoms with Crippen LogP contribution in [-0.2, 0) is 13.1 Å². The van der Waals surface area contributed by atoms with Crippen molar-refractivity contribution in [2.75, 3.05) is 21.3 Å². The van der Waals surface area contributed by atoms with Crippen LogP contribution in [0.1, 0.15) is 22.3 Å². The summed E-state index contributed by atoms with van der Waals surface area (Å²) in [7, 11) is 5.00. The van der Waals surface area contributed by atoms with Gasteiger partial charge in [-0.1, -0.05) is 12.1 Å². The highest BCUT2D eigenvalue weighted by Gasteiger charge is 2.06. The predicted molar refractivity (Wildman–Crippen MR) is 92.6 cm³/mol. The highest BCUT2D eigenvalue weighted by molar-refractivity contribution is 5.43. The first kappa shape index (κ1) is 17.2. The summed E-state index contributed by atoms with van der Waals surface area (Å²) in [4.78, 5) is 0. The summed E-state index contributed by atoms with van der Waals surface area (Å²) in [6.45, 7) is 5.75. The number of rotatable bonds is 7. The van der Waals surface area contributed by atoms with Crippen LogP contribution in [0, 0.1) is 13.8 Å². The molecule has 0 aromatic heterocycles. The van der Waals surface area contributed by atoms with Gasteiger partial charge in [0.25, 0.3) is 0 Å². The second-order valence-electron chi connectivity index (χ2n) is 5.54. The van der Waals surface area contributed by atoms with Crippen molar-refractivity contribution in [2.24, 2.45) is 0 Å². The van der Waals surface area contributed by atoms with E-state index in [9.17, 15) is 0 Å². The maximum Gasteiger partial charge on any atom is 0.161 e. The Bertz CT molecular complexity index is 668. The van der Waals surface area contributed by atoms with E-state index >= 15 is 0 Å².